The number of aliphatic hydroxyl groups excluding tert-OH is 1. The number of nitrogens with one attached hydrogen (secondary N) is 1. The number of aryl methyl sites for hydroxylation is 1. The van der Waals surface area contributed by atoms with Gasteiger partial charge >= 0.3 is 6.09 Å². The molecule has 1 aromatic heterocycles. The molecule has 10 nitrogen and oxygen atoms in total. The molecule has 0 aliphatic carbocycles. The number of morpholine rings is 1. The lowest BCUT2D eigenvalue weighted by Gasteiger charge is -2.35. The van der Waals surface area contributed by atoms with Gasteiger partial charge in [-0.15, -0.1) is 5.10 Å². The van der Waals surface area contributed by atoms with Crippen LogP contribution in [0, 0.1) is 12.8 Å². The fourth-order valence-electron chi connectivity index (χ4n) is 6.47. The van der Waals surface area contributed by atoms with Crippen LogP contribution >= 0.6 is 0 Å². The number of fused-ring (bicyclic) bond motifs is 1. The molecule has 3 heterocycles. The highest BCUT2D eigenvalue weighted by Gasteiger charge is 2.43. The Labute approximate surface area is 275 Å². The van der Waals surface area contributed by atoms with E-state index in [0.717, 1.165) is 73.1 Å². The third kappa shape index (κ3) is 8.39. The SMILES string of the molecule is Cc1nnc(N[C@H](C)c2cccc(C(F)(F)C3CCN(C(=O)O)CC3)c2)c2cc(N3CCOCC3)c(OCCCCCCCO)cc12. The summed E-state index contributed by atoms with van der Waals surface area (Å²) in [5.41, 5.74) is 2.34. The van der Waals surface area contributed by atoms with E-state index in [1.165, 1.54) is 11.0 Å². The minimum atomic E-state index is -3.08. The van der Waals surface area contributed by atoms with E-state index in [1.807, 2.05) is 26.0 Å². The average Bonchev–Trinajstić information content (AvgIpc) is 3.09. The fraction of sp³-hybridized carbons (Fsp3) is 0.571. The third-order valence-electron chi connectivity index (χ3n) is 9.36. The van der Waals surface area contributed by atoms with E-state index in [2.05, 4.69) is 26.5 Å². The molecular formula is C35H47F2N5O5. The number of carbonyl (C=O) groups is 1. The number of amides is 1. The van der Waals surface area contributed by atoms with Crippen LogP contribution in [-0.2, 0) is 10.7 Å². The number of unbranched alkanes of at least 4 members (excludes halogenated alkanes) is 4. The summed E-state index contributed by atoms with van der Waals surface area (Å²) in [6.45, 7) is 7.57. The van der Waals surface area contributed by atoms with Crippen molar-refractivity contribution in [1.29, 1.82) is 0 Å². The molecule has 0 radical (unpaired) electrons. The molecule has 2 aliphatic rings. The van der Waals surface area contributed by atoms with Gasteiger partial charge in [0.2, 0.25) is 0 Å². The van der Waals surface area contributed by atoms with Crippen molar-refractivity contribution in [1.82, 2.24) is 15.1 Å². The zero-order valence-electron chi connectivity index (χ0n) is 27.4. The molecule has 2 aromatic carbocycles. The van der Waals surface area contributed by atoms with Gasteiger partial charge in [0.1, 0.15) is 5.75 Å². The number of aromatic nitrogens is 2. The van der Waals surface area contributed by atoms with Crippen molar-refractivity contribution in [3.05, 3.63) is 53.2 Å². The highest BCUT2D eigenvalue weighted by Crippen LogP contribution is 2.43. The number of piperidine rings is 1. The first-order chi connectivity index (χ1) is 22.7. The summed E-state index contributed by atoms with van der Waals surface area (Å²) in [6, 6.07) is 10.2. The van der Waals surface area contributed by atoms with Gasteiger partial charge in [-0.3, -0.25) is 0 Å². The predicted octanol–water partition coefficient (Wildman–Crippen LogP) is 6.75. The van der Waals surface area contributed by atoms with Crippen LogP contribution in [0.1, 0.15) is 74.7 Å². The topological polar surface area (TPSA) is 120 Å². The molecule has 1 atom stereocenters. The first-order valence-corrected chi connectivity index (χ1v) is 16.8. The molecule has 2 aliphatic heterocycles. The second kappa shape index (κ2) is 15.9. The van der Waals surface area contributed by atoms with Gasteiger partial charge in [0.25, 0.3) is 5.92 Å². The lowest BCUT2D eigenvalue weighted by molar-refractivity contribution is -0.0836. The Morgan fingerprint density at radius 1 is 1.04 bits per heavy atom. The normalized spacial score (nSPS) is 16.8. The molecule has 0 bridgehead atoms. The standard InChI is InChI=1S/C35H47F2N5O5/c1-24(26-9-8-10-28(21-26)35(36,37)27-11-13-42(14-12-27)34(44)45)38-33-30-22-31(41-15-19-46-20-16-41)32(23-29(30)25(2)39-40-33)47-18-7-5-3-4-6-17-43/h8-10,21-24,27,43H,3-7,11-20H2,1-2H3,(H,38,40)(H,44,45)/t24-/m1/s1. The molecule has 256 valence electrons. The van der Waals surface area contributed by atoms with E-state index in [1.54, 1.807) is 12.1 Å². The van der Waals surface area contributed by atoms with Gasteiger partial charge in [-0.25, -0.2) is 13.6 Å². The number of hydrogen-bond donors (Lipinski definition) is 3. The predicted molar refractivity (Wildman–Crippen MR) is 178 cm³/mol. The lowest BCUT2D eigenvalue weighted by atomic mass is 9.85. The van der Waals surface area contributed by atoms with E-state index < -0.39 is 17.9 Å². The first kappa shape index (κ1) is 34.6. The summed E-state index contributed by atoms with van der Waals surface area (Å²) in [4.78, 5) is 14.7. The molecule has 2 saturated heterocycles. The minimum Gasteiger partial charge on any atom is -0.491 e. The number of carboxylic acid groups (broad SMARTS) is 1. The van der Waals surface area contributed by atoms with Crippen molar-refractivity contribution < 1.29 is 33.3 Å². The number of likely N-dealkylation sites (tertiary alicyclic amines) is 1. The number of alkyl halides is 2. The van der Waals surface area contributed by atoms with Crippen LogP contribution in [0.3, 0.4) is 0 Å². The van der Waals surface area contributed by atoms with Crippen LogP contribution in [0.5, 0.6) is 5.75 Å². The number of ether oxygens (including phenoxy) is 2. The number of rotatable bonds is 14. The fourth-order valence-corrected chi connectivity index (χ4v) is 6.47. The monoisotopic (exact) mass is 655 g/mol. The zero-order valence-corrected chi connectivity index (χ0v) is 27.4. The molecule has 5 rings (SSSR count). The summed E-state index contributed by atoms with van der Waals surface area (Å²) in [7, 11) is 0. The summed E-state index contributed by atoms with van der Waals surface area (Å²) < 4.78 is 43.3. The van der Waals surface area contributed by atoms with Crippen LogP contribution in [0.2, 0.25) is 0 Å². The second-order valence-corrected chi connectivity index (χ2v) is 12.6. The van der Waals surface area contributed by atoms with Crippen LogP contribution < -0.4 is 15.0 Å². The van der Waals surface area contributed by atoms with Crippen LogP contribution in [0.4, 0.5) is 25.1 Å². The van der Waals surface area contributed by atoms with Gasteiger partial charge in [0, 0.05) is 55.0 Å². The van der Waals surface area contributed by atoms with Gasteiger partial charge in [0.05, 0.1) is 37.2 Å². The molecule has 47 heavy (non-hydrogen) atoms. The summed E-state index contributed by atoms with van der Waals surface area (Å²) in [6.07, 6.45) is 4.02. The van der Waals surface area contributed by atoms with Gasteiger partial charge < -0.3 is 34.8 Å². The van der Waals surface area contributed by atoms with E-state index >= 15 is 8.78 Å². The molecule has 0 saturated carbocycles. The van der Waals surface area contributed by atoms with Gasteiger partial charge in [-0.05, 0) is 63.3 Å². The Morgan fingerprint density at radius 2 is 1.77 bits per heavy atom. The maximum Gasteiger partial charge on any atom is 0.407 e. The van der Waals surface area contributed by atoms with Crippen molar-refractivity contribution in [2.75, 3.05) is 62.8 Å². The molecule has 1 amide bonds. The molecule has 3 aromatic rings. The van der Waals surface area contributed by atoms with Gasteiger partial charge in [0.15, 0.2) is 5.82 Å². The Hall–Kier alpha value is -3.77. The largest absolute Gasteiger partial charge is 0.491 e. The number of halogens is 2. The lowest BCUT2D eigenvalue weighted by Crippen LogP contribution is -2.41. The van der Waals surface area contributed by atoms with E-state index in [9.17, 15) is 9.90 Å². The summed E-state index contributed by atoms with van der Waals surface area (Å²) >= 11 is 0. The van der Waals surface area contributed by atoms with Crippen LogP contribution in [0.25, 0.3) is 10.8 Å². The van der Waals surface area contributed by atoms with E-state index in [-0.39, 0.29) is 44.1 Å². The number of benzene rings is 2. The summed E-state index contributed by atoms with van der Waals surface area (Å²) in [5.74, 6) is -2.67. The summed E-state index contributed by atoms with van der Waals surface area (Å²) in [5, 5.41) is 32.4. The van der Waals surface area contributed by atoms with Crippen molar-refractivity contribution in [2.24, 2.45) is 5.92 Å². The van der Waals surface area contributed by atoms with Gasteiger partial charge in [-0.1, -0.05) is 37.5 Å². The Morgan fingerprint density at radius 3 is 2.49 bits per heavy atom. The van der Waals surface area contributed by atoms with Crippen LogP contribution in [0.15, 0.2) is 36.4 Å². The maximum atomic E-state index is 15.7. The molecule has 2 fully saturated rings. The number of hydrogen-bond acceptors (Lipinski definition) is 8. The Kier molecular flexibility index (Phi) is 11.7. The average molecular weight is 656 g/mol. The van der Waals surface area contributed by atoms with Crippen molar-refractivity contribution in [3.8, 4) is 5.75 Å². The molecule has 12 heteroatoms. The number of nitrogens with zero attached hydrogens (tertiary/aromatic N) is 4. The van der Waals surface area contributed by atoms with Gasteiger partial charge in [-0.2, -0.15) is 5.10 Å². The van der Waals surface area contributed by atoms with Crippen molar-refractivity contribution in [3.63, 3.8) is 0 Å². The van der Waals surface area contributed by atoms with E-state index in [0.29, 0.717) is 31.2 Å². The van der Waals surface area contributed by atoms with Crippen molar-refractivity contribution in [2.45, 2.75) is 70.8 Å². The molecular weight excluding hydrogens is 608 g/mol. The van der Waals surface area contributed by atoms with Crippen LogP contribution in [-0.4, -0.2) is 84.0 Å². The van der Waals surface area contributed by atoms with E-state index in [4.69, 9.17) is 14.6 Å². The minimum absolute atomic E-state index is 0.0675. The third-order valence-corrected chi connectivity index (χ3v) is 9.36. The molecule has 0 spiro atoms. The molecule has 0 unspecified atom stereocenters. The van der Waals surface area contributed by atoms with Crippen molar-refractivity contribution >= 4 is 28.4 Å². The Bertz CT molecular complexity index is 1490. The maximum absolute atomic E-state index is 15.7. The first-order valence-electron chi connectivity index (χ1n) is 16.8. The highest BCUT2D eigenvalue weighted by atomic mass is 19.3. The zero-order chi connectivity index (χ0) is 33.4. The molecule has 3 N–H and O–H groups in total. The quantitative estimate of drug-likeness (QED) is 0.162. The number of aliphatic hydroxyl groups is 1. The highest BCUT2D eigenvalue weighted by molar-refractivity contribution is 5.97. The smallest absolute Gasteiger partial charge is 0.407 e. The Balaban J connectivity index is 1.36. The number of anilines is 2. The second-order valence-electron chi connectivity index (χ2n) is 12.6.